The van der Waals surface area contributed by atoms with Crippen LogP contribution in [0.15, 0.2) is 29.5 Å². The zero-order valence-corrected chi connectivity index (χ0v) is 18.4. The van der Waals surface area contributed by atoms with Crippen LogP contribution in [0.25, 0.3) is 0 Å². The minimum Gasteiger partial charge on any atom is -0.357 e. The number of aliphatic imine (C=N–C) groups is 1. The first kappa shape index (κ1) is 22.7. The van der Waals surface area contributed by atoms with Gasteiger partial charge in [-0.15, -0.1) is 24.0 Å². The smallest absolute Gasteiger partial charge is 0.246 e. The number of rotatable bonds is 8. The van der Waals surface area contributed by atoms with Crippen LogP contribution in [-0.2, 0) is 4.79 Å². The Morgan fingerprint density at radius 2 is 2.12 bits per heavy atom. The number of aromatic nitrogens is 1. The number of anilines is 1. The zero-order valence-electron chi connectivity index (χ0n) is 16.0. The summed E-state index contributed by atoms with van der Waals surface area (Å²) in [5, 5.41) is 9.45. The van der Waals surface area contributed by atoms with Crippen molar-refractivity contribution in [3.63, 3.8) is 0 Å². The predicted molar refractivity (Wildman–Crippen MR) is 118 cm³/mol. The van der Waals surface area contributed by atoms with E-state index in [1.807, 2.05) is 13.0 Å². The van der Waals surface area contributed by atoms with Crippen LogP contribution in [0.1, 0.15) is 46.5 Å². The third-order valence-corrected chi connectivity index (χ3v) is 4.56. The minimum atomic E-state index is -0.147. The zero-order chi connectivity index (χ0) is 18.1. The summed E-state index contributed by atoms with van der Waals surface area (Å²) in [4.78, 5) is 20.4. The van der Waals surface area contributed by atoms with Gasteiger partial charge in [-0.2, -0.15) is 0 Å². The highest BCUT2D eigenvalue weighted by Gasteiger charge is 2.37. The van der Waals surface area contributed by atoms with E-state index in [0.717, 1.165) is 13.1 Å². The Bertz CT molecular complexity index is 573. The molecule has 0 unspecified atom stereocenters. The van der Waals surface area contributed by atoms with Crippen molar-refractivity contribution in [2.45, 2.75) is 46.5 Å². The highest BCUT2D eigenvalue weighted by molar-refractivity contribution is 14.0. The molecular formula is C19H32IN5O. The fourth-order valence-corrected chi connectivity index (χ4v) is 3.40. The molecular weight excluding hydrogens is 441 g/mol. The molecule has 1 aromatic rings. The van der Waals surface area contributed by atoms with Gasteiger partial charge in [-0.05, 0) is 49.7 Å². The quantitative estimate of drug-likeness (QED) is 0.307. The number of amides is 1. The molecule has 0 aliphatic heterocycles. The van der Waals surface area contributed by atoms with Gasteiger partial charge in [0.1, 0.15) is 6.54 Å². The largest absolute Gasteiger partial charge is 0.357 e. The number of hydrogen-bond acceptors (Lipinski definition) is 3. The van der Waals surface area contributed by atoms with Crippen LogP contribution in [0, 0.1) is 11.3 Å². The topological polar surface area (TPSA) is 78.4 Å². The molecule has 7 heteroatoms. The first-order valence-corrected chi connectivity index (χ1v) is 9.25. The van der Waals surface area contributed by atoms with Crippen molar-refractivity contribution in [3.8, 4) is 0 Å². The Kier molecular flexibility index (Phi) is 9.90. The van der Waals surface area contributed by atoms with Gasteiger partial charge in [0.05, 0.1) is 11.9 Å². The molecule has 0 atom stereocenters. The average molecular weight is 473 g/mol. The summed E-state index contributed by atoms with van der Waals surface area (Å²) in [7, 11) is 0. The van der Waals surface area contributed by atoms with Gasteiger partial charge < -0.3 is 16.0 Å². The second-order valence-corrected chi connectivity index (χ2v) is 7.29. The van der Waals surface area contributed by atoms with E-state index in [1.54, 1.807) is 18.5 Å². The summed E-state index contributed by atoms with van der Waals surface area (Å²) in [5.74, 6) is 1.26. The highest BCUT2D eigenvalue weighted by Crippen LogP contribution is 2.45. The average Bonchev–Trinajstić information content (AvgIpc) is 2.55. The lowest BCUT2D eigenvalue weighted by Crippen LogP contribution is -2.47. The van der Waals surface area contributed by atoms with Crippen LogP contribution >= 0.6 is 24.0 Å². The van der Waals surface area contributed by atoms with Crippen molar-refractivity contribution in [3.05, 3.63) is 24.5 Å². The second-order valence-electron chi connectivity index (χ2n) is 7.29. The minimum absolute atomic E-state index is 0. The Hall–Kier alpha value is -1.38. The SMILES string of the molecule is CCNC(=NCC(=O)Nc1cccnc1)NCC1(CC(C)C)CCC1.I. The number of carbonyl (C=O) groups is 1. The molecule has 1 amide bonds. The molecule has 1 fully saturated rings. The summed E-state index contributed by atoms with van der Waals surface area (Å²) in [6, 6.07) is 3.60. The standard InChI is InChI=1S/C19H31N5O.HI/c1-4-21-18(23-14-19(8-6-9-19)11-15(2)3)22-13-17(25)24-16-7-5-10-20-12-16;/h5,7,10,12,15H,4,6,8-9,11,13-14H2,1-3H3,(H,24,25)(H2,21,22,23);1H. The maximum absolute atomic E-state index is 12.0. The lowest BCUT2D eigenvalue weighted by atomic mass is 9.64. The monoisotopic (exact) mass is 473 g/mol. The number of guanidine groups is 1. The molecule has 146 valence electrons. The Balaban J connectivity index is 0.00000338. The number of nitrogens with zero attached hydrogens (tertiary/aromatic N) is 2. The summed E-state index contributed by atoms with van der Waals surface area (Å²) in [6.45, 7) is 8.36. The molecule has 1 saturated carbocycles. The van der Waals surface area contributed by atoms with Crippen LogP contribution in [0.3, 0.4) is 0 Å². The fraction of sp³-hybridized carbons (Fsp3) is 0.632. The van der Waals surface area contributed by atoms with Gasteiger partial charge in [0, 0.05) is 19.3 Å². The van der Waals surface area contributed by atoms with Gasteiger partial charge in [0.2, 0.25) is 5.91 Å². The predicted octanol–water partition coefficient (Wildman–Crippen LogP) is 3.41. The molecule has 0 bridgehead atoms. The number of carbonyl (C=O) groups excluding carboxylic acids is 1. The number of halogens is 1. The van der Waals surface area contributed by atoms with Gasteiger partial charge in [-0.3, -0.25) is 9.78 Å². The third-order valence-electron chi connectivity index (χ3n) is 4.56. The molecule has 0 radical (unpaired) electrons. The number of pyridine rings is 1. The molecule has 3 N–H and O–H groups in total. The van der Waals surface area contributed by atoms with Crippen molar-refractivity contribution in [1.82, 2.24) is 15.6 Å². The molecule has 6 nitrogen and oxygen atoms in total. The molecule has 1 aromatic heterocycles. The lowest BCUT2D eigenvalue weighted by molar-refractivity contribution is -0.114. The summed E-state index contributed by atoms with van der Waals surface area (Å²) < 4.78 is 0. The van der Waals surface area contributed by atoms with E-state index in [0.29, 0.717) is 23.0 Å². The van der Waals surface area contributed by atoms with Crippen LogP contribution in [0.2, 0.25) is 0 Å². The van der Waals surface area contributed by atoms with E-state index < -0.39 is 0 Å². The van der Waals surface area contributed by atoms with Crippen LogP contribution in [0.4, 0.5) is 5.69 Å². The van der Waals surface area contributed by atoms with Crippen molar-refractivity contribution >= 4 is 41.5 Å². The van der Waals surface area contributed by atoms with Gasteiger partial charge in [-0.25, -0.2) is 4.99 Å². The third kappa shape index (κ3) is 7.47. The normalized spacial score (nSPS) is 15.6. The van der Waals surface area contributed by atoms with E-state index in [2.05, 4.69) is 39.8 Å². The van der Waals surface area contributed by atoms with Gasteiger partial charge in [0.15, 0.2) is 5.96 Å². The van der Waals surface area contributed by atoms with E-state index in [-0.39, 0.29) is 36.4 Å². The fourth-order valence-electron chi connectivity index (χ4n) is 3.40. The summed E-state index contributed by atoms with van der Waals surface area (Å²) in [5.41, 5.74) is 1.08. The summed E-state index contributed by atoms with van der Waals surface area (Å²) >= 11 is 0. The van der Waals surface area contributed by atoms with E-state index in [4.69, 9.17) is 0 Å². The van der Waals surface area contributed by atoms with Crippen molar-refractivity contribution in [2.75, 3.05) is 25.0 Å². The molecule has 0 aromatic carbocycles. The van der Waals surface area contributed by atoms with Gasteiger partial charge in [-0.1, -0.05) is 20.3 Å². The van der Waals surface area contributed by atoms with E-state index in [1.165, 1.54) is 25.7 Å². The first-order chi connectivity index (χ1) is 12.0. The molecule has 2 rings (SSSR count). The van der Waals surface area contributed by atoms with Crippen LogP contribution in [-0.4, -0.2) is 36.5 Å². The van der Waals surface area contributed by atoms with Gasteiger partial charge >= 0.3 is 0 Å². The molecule has 26 heavy (non-hydrogen) atoms. The molecule has 1 heterocycles. The van der Waals surface area contributed by atoms with E-state index in [9.17, 15) is 4.79 Å². The second kappa shape index (κ2) is 11.4. The molecule has 0 spiro atoms. The molecule has 0 saturated heterocycles. The summed E-state index contributed by atoms with van der Waals surface area (Å²) in [6.07, 6.45) is 8.40. The Morgan fingerprint density at radius 3 is 2.65 bits per heavy atom. The highest BCUT2D eigenvalue weighted by atomic mass is 127. The molecule has 1 aliphatic rings. The Morgan fingerprint density at radius 1 is 1.35 bits per heavy atom. The van der Waals surface area contributed by atoms with Crippen LogP contribution < -0.4 is 16.0 Å². The maximum atomic E-state index is 12.0. The van der Waals surface area contributed by atoms with Crippen LogP contribution in [0.5, 0.6) is 0 Å². The van der Waals surface area contributed by atoms with Crippen molar-refractivity contribution in [2.24, 2.45) is 16.3 Å². The molecule has 1 aliphatic carbocycles. The van der Waals surface area contributed by atoms with E-state index >= 15 is 0 Å². The van der Waals surface area contributed by atoms with Gasteiger partial charge in [0.25, 0.3) is 0 Å². The van der Waals surface area contributed by atoms with Crippen molar-refractivity contribution in [1.29, 1.82) is 0 Å². The number of nitrogens with one attached hydrogen (secondary N) is 3. The maximum Gasteiger partial charge on any atom is 0.246 e. The van der Waals surface area contributed by atoms with Crippen molar-refractivity contribution < 1.29 is 4.79 Å². The number of hydrogen-bond donors (Lipinski definition) is 3. The Labute approximate surface area is 174 Å². The first-order valence-electron chi connectivity index (χ1n) is 9.25. The lowest BCUT2D eigenvalue weighted by Gasteiger charge is -2.43.